The van der Waals surface area contributed by atoms with Gasteiger partial charge in [0.05, 0.1) is 0 Å². The van der Waals surface area contributed by atoms with E-state index in [2.05, 4.69) is 6.92 Å². The fourth-order valence-corrected chi connectivity index (χ4v) is 2.32. The molecule has 0 radical (unpaired) electrons. The van der Waals surface area contributed by atoms with Gasteiger partial charge in [-0.25, -0.2) is 0 Å². The van der Waals surface area contributed by atoms with Crippen molar-refractivity contribution in [3.05, 3.63) is 0 Å². The molecule has 0 aliphatic carbocycles. The van der Waals surface area contributed by atoms with Crippen molar-refractivity contribution >= 4 is 11.9 Å². The molecule has 4 nitrogen and oxygen atoms in total. The van der Waals surface area contributed by atoms with E-state index in [0.29, 0.717) is 0 Å². The lowest BCUT2D eigenvalue weighted by Gasteiger charge is -2.14. The Morgan fingerprint density at radius 3 is 1.53 bits per heavy atom. The van der Waals surface area contributed by atoms with Crippen molar-refractivity contribution in [2.24, 2.45) is 5.92 Å². The zero-order valence-corrected chi connectivity index (χ0v) is 12.1. The van der Waals surface area contributed by atoms with Crippen molar-refractivity contribution < 1.29 is 19.8 Å². The van der Waals surface area contributed by atoms with Crippen LogP contribution in [0.1, 0.15) is 77.6 Å². The first kappa shape index (κ1) is 17.9. The lowest BCUT2D eigenvalue weighted by molar-refractivity contribution is -0.138. The van der Waals surface area contributed by atoms with Crippen LogP contribution < -0.4 is 0 Å². The number of carbonyl (C=O) groups is 2. The van der Waals surface area contributed by atoms with Gasteiger partial charge < -0.3 is 10.2 Å². The molecule has 2 N–H and O–H groups in total. The van der Waals surface area contributed by atoms with Gasteiger partial charge in [0.1, 0.15) is 0 Å². The predicted molar refractivity (Wildman–Crippen MR) is 75.2 cm³/mol. The molecule has 0 aromatic carbocycles. The van der Waals surface area contributed by atoms with Crippen LogP contribution in [0.3, 0.4) is 0 Å². The molecule has 0 spiro atoms. The lowest BCUT2D eigenvalue weighted by atomic mass is 9.92. The first-order chi connectivity index (χ1) is 9.06. The Hall–Kier alpha value is -1.06. The highest BCUT2D eigenvalue weighted by Gasteiger charge is 2.06. The number of unbranched alkanes of at least 4 members (excludes halogenated alkanes) is 4. The molecule has 0 rings (SSSR count). The zero-order chi connectivity index (χ0) is 14.5. The molecule has 0 bridgehead atoms. The van der Waals surface area contributed by atoms with Gasteiger partial charge in [-0.3, -0.25) is 9.59 Å². The summed E-state index contributed by atoms with van der Waals surface area (Å²) in [6.07, 6.45) is 9.88. The first-order valence-electron chi connectivity index (χ1n) is 7.49. The smallest absolute Gasteiger partial charge is 0.303 e. The molecule has 0 heterocycles. The van der Waals surface area contributed by atoms with Crippen molar-refractivity contribution in [1.29, 1.82) is 0 Å². The molecule has 0 unspecified atom stereocenters. The van der Waals surface area contributed by atoms with Crippen molar-refractivity contribution in [2.45, 2.75) is 77.6 Å². The SMILES string of the molecule is CCC(CCCCCC(=O)O)CCCCCC(=O)O. The monoisotopic (exact) mass is 272 g/mol. The lowest BCUT2D eigenvalue weighted by Crippen LogP contribution is -2.00. The number of carboxylic acid groups (broad SMARTS) is 2. The average Bonchev–Trinajstić information content (AvgIpc) is 2.34. The number of hydrogen-bond acceptors (Lipinski definition) is 2. The molecule has 0 aromatic heterocycles. The molecular weight excluding hydrogens is 244 g/mol. The van der Waals surface area contributed by atoms with Gasteiger partial charge in [0.15, 0.2) is 0 Å². The molecule has 4 heteroatoms. The minimum absolute atomic E-state index is 0.284. The standard InChI is InChI=1S/C15H28O4/c1-2-13(9-5-3-7-11-14(16)17)10-6-4-8-12-15(18)19/h13H,2-12H2,1H3,(H,16,17)(H,18,19). The van der Waals surface area contributed by atoms with Crippen LogP contribution in [0.25, 0.3) is 0 Å². The highest BCUT2D eigenvalue weighted by molar-refractivity contribution is 5.66. The van der Waals surface area contributed by atoms with E-state index in [9.17, 15) is 9.59 Å². The molecule has 19 heavy (non-hydrogen) atoms. The Bertz CT molecular complexity index is 227. The fraction of sp³-hybridized carbons (Fsp3) is 0.867. The van der Waals surface area contributed by atoms with Gasteiger partial charge in [0.2, 0.25) is 0 Å². The van der Waals surface area contributed by atoms with Crippen LogP contribution in [0.2, 0.25) is 0 Å². The number of hydrogen-bond donors (Lipinski definition) is 2. The van der Waals surface area contributed by atoms with Crippen molar-refractivity contribution in [3.8, 4) is 0 Å². The number of carboxylic acids is 2. The fourth-order valence-electron chi connectivity index (χ4n) is 2.32. The summed E-state index contributed by atoms with van der Waals surface area (Å²) in [6.45, 7) is 2.19. The largest absolute Gasteiger partial charge is 0.481 e. The van der Waals surface area contributed by atoms with Crippen LogP contribution in [0.5, 0.6) is 0 Å². The van der Waals surface area contributed by atoms with E-state index in [1.807, 2.05) is 0 Å². The topological polar surface area (TPSA) is 74.6 Å². The van der Waals surface area contributed by atoms with E-state index in [-0.39, 0.29) is 12.8 Å². The quantitative estimate of drug-likeness (QED) is 0.495. The van der Waals surface area contributed by atoms with Gasteiger partial charge in [-0.2, -0.15) is 0 Å². The van der Waals surface area contributed by atoms with Crippen molar-refractivity contribution in [2.75, 3.05) is 0 Å². The van der Waals surface area contributed by atoms with E-state index in [1.54, 1.807) is 0 Å². The molecular formula is C15H28O4. The highest BCUT2D eigenvalue weighted by Crippen LogP contribution is 2.21. The Kier molecular flexibility index (Phi) is 11.3. The van der Waals surface area contributed by atoms with E-state index in [4.69, 9.17) is 10.2 Å². The van der Waals surface area contributed by atoms with Crippen LogP contribution in [0, 0.1) is 5.92 Å². The molecule has 112 valence electrons. The Morgan fingerprint density at radius 2 is 1.21 bits per heavy atom. The summed E-state index contributed by atoms with van der Waals surface area (Å²) in [4.78, 5) is 20.7. The van der Waals surface area contributed by atoms with E-state index in [0.717, 1.165) is 50.9 Å². The van der Waals surface area contributed by atoms with Crippen LogP contribution in [-0.2, 0) is 9.59 Å². The van der Waals surface area contributed by atoms with Gasteiger partial charge >= 0.3 is 11.9 Å². The van der Waals surface area contributed by atoms with Crippen LogP contribution in [0.15, 0.2) is 0 Å². The number of rotatable bonds is 13. The predicted octanol–water partition coefficient (Wildman–Crippen LogP) is 4.08. The minimum Gasteiger partial charge on any atom is -0.481 e. The summed E-state index contributed by atoms with van der Waals surface area (Å²) < 4.78 is 0. The average molecular weight is 272 g/mol. The minimum atomic E-state index is -0.703. The summed E-state index contributed by atoms with van der Waals surface area (Å²) in [7, 11) is 0. The summed E-state index contributed by atoms with van der Waals surface area (Å²) >= 11 is 0. The van der Waals surface area contributed by atoms with Gasteiger partial charge in [-0.05, 0) is 18.8 Å². The molecule has 0 aromatic rings. The molecule has 0 aliphatic rings. The van der Waals surface area contributed by atoms with Gasteiger partial charge in [0.25, 0.3) is 0 Å². The van der Waals surface area contributed by atoms with Crippen LogP contribution in [0.4, 0.5) is 0 Å². The third kappa shape index (κ3) is 13.2. The third-order valence-corrected chi connectivity index (χ3v) is 3.58. The van der Waals surface area contributed by atoms with Crippen LogP contribution in [-0.4, -0.2) is 22.2 Å². The highest BCUT2D eigenvalue weighted by atomic mass is 16.4. The normalized spacial score (nSPS) is 10.8. The van der Waals surface area contributed by atoms with Gasteiger partial charge in [-0.15, -0.1) is 0 Å². The molecule has 0 amide bonds. The van der Waals surface area contributed by atoms with Crippen molar-refractivity contribution in [1.82, 2.24) is 0 Å². The summed E-state index contributed by atoms with van der Waals surface area (Å²) in [6, 6.07) is 0. The molecule has 0 saturated heterocycles. The Balaban J connectivity index is 3.44. The Labute approximate surface area is 116 Å². The first-order valence-corrected chi connectivity index (χ1v) is 7.49. The van der Waals surface area contributed by atoms with E-state index in [1.165, 1.54) is 12.8 Å². The molecule has 0 fully saturated rings. The van der Waals surface area contributed by atoms with E-state index < -0.39 is 11.9 Å². The summed E-state index contributed by atoms with van der Waals surface area (Å²) in [5.74, 6) is -0.689. The second-order valence-corrected chi connectivity index (χ2v) is 5.26. The molecule has 0 saturated carbocycles. The van der Waals surface area contributed by atoms with Gasteiger partial charge in [-0.1, -0.05) is 51.9 Å². The third-order valence-electron chi connectivity index (χ3n) is 3.58. The molecule has 0 aliphatic heterocycles. The second kappa shape index (κ2) is 12.0. The maximum Gasteiger partial charge on any atom is 0.303 e. The second-order valence-electron chi connectivity index (χ2n) is 5.26. The maximum atomic E-state index is 10.4. The van der Waals surface area contributed by atoms with Crippen molar-refractivity contribution in [3.63, 3.8) is 0 Å². The van der Waals surface area contributed by atoms with Crippen LogP contribution >= 0.6 is 0 Å². The zero-order valence-electron chi connectivity index (χ0n) is 12.1. The number of aliphatic carboxylic acids is 2. The maximum absolute atomic E-state index is 10.4. The Morgan fingerprint density at radius 1 is 0.789 bits per heavy atom. The summed E-state index contributed by atoms with van der Waals surface area (Å²) in [5, 5.41) is 17.1. The molecule has 0 atom stereocenters. The van der Waals surface area contributed by atoms with Gasteiger partial charge in [0, 0.05) is 12.8 Å². The summed E-state index contributed by atoms with van der Waals surface area (Å²) in [5.41, 5.74) is 0. The van der Waals surface area contributed by atoms with E-state index >= 15 is 0 Å².